The van der Waals surface area contributed by atoms with Gasteiger partial charge < -0.3 is 14.6 Å². The van der Waals surface area contributed by atoms with Crippen molar-refractivity contribution < 1.29 is 9.53 Å². The lowest BCUT2D eigenvalue weighted by Gasteiger charge is -2.11. The molecule has 5 nitrogen and oxygen atoms in total. The van der Waals surface area contributed by atoms with Gasteiger partial charge in [-0.05, 0) is 62.6 Å². The largest absolute Gasteiger partial charge is 0.492 e. The molecule has 0 saturated heterocycles. The van der Waals surface area contributed by atoms with Gasteiger partial charge in [-0.1, -0.05) is 60.0 Å². The summed E-state index contributed by atoms with van der Waals surface area (Å²) in [7, 11) is 0. The molecule has 3 aromatic carbocycles. The Balaban J connectivity index is 1.25. The molecular formula is C29H32ClN3O2. The SMILES string of the molecule is Cc1cccc(C(=O)NCCCCCc2nc3ccccc3n2CCCOc2ccccc2Cl)c1. The van der Waals surface area contributed by atoms with E-state index in [1.54, 1.807) is 0 Å². The van der Waals surface area contributed by atoms with Crippen molar-refractivity contribution in [2.45, 2.75) is 45.6 Å². The molecule has 4 rings (SSSR count). The lowest BCUT2D eigenvalue weighted by Crippen LogP contribution is -2.24. The van der Waals surface area contributed by atoms with Gasteiger partial charge in [0.05, 0.1) is 22.7 Å². The Kier molecular flexibility index (Phi) is 8.79. The number of carbonyl (C=O) groups excluding carboxylic acids is 1. The van der Waals surface area contributed by atoms with E-state index in [9.17, 15) is 4.79 Å². The Morgan fingerprint density at radius 3 is 2.66 bits per heavy atom. The van der Waals surface area contributed by atoms with E-state index in [4.69, 9.17) is 21.3 Å². The van der Waals surface area contributed by atoms with E-state index in [0.717, 1.165) is 72.4 Å². The molecule has 0 aliphatic heterocycles. The highest BCUT2D eigenvalue weighted by molar-refractivity contribution is 6.32. The number of imidazole rings is 1. The molecule has 0 unspecified atom stereocenters. The second-order valence-electron chi connectivity index (χ2n) is 8.74. The number of nitrogens with one attached hydrogen (secondary N) is 1. The summed E-state index contributed by atoms with van der Waals surface area (Å²) >= 11 is 6.19. The highest BCUT2D eigenvalue weighted by atomic mass is 35.5. The second-order valence-corrected chi connectivity index (χ2v) is 9.14. The van der Waals surface area contributed by atoms with E-state index in [-0.39, 0.29) is 5.91 Å². The molecule has 1 N–H and O–H groups in total. The van der Waals surface area contributed by atoms with Gasteiger partial charge >= 0.3 is 0 Å². The third-order valence-electron chi connectivity index (χ3n) is 6.00. The maximum atomic E-state index is 12.3. The summed E-state index contributed by atoms with van der Waals surface area (Å²) in [6.07, 6.45) is 4.78. The molecular weight excluding hydrogens is 458 g/mol. The number of aryl methyl sites for hydroxylation is 3. The minimum absolute atomic E-state index is 0.00509. The maximum Gasteiger partial charge on any atom is 0.251 e. The summed E-state index contributed by atoms with van der Waals surface area (Å²) in [5.41, 5.74) is 4.00. The molecule has 4 aromatic rings. The Morgan fingerprint density at radius 1 is 0.971 bits per heavy atom. The first kappa shape index (κ1) is 24.8. The first-order valence-electron chi connectivity index (χ1n) is 12.3. The van der Waals surface area contributed by atoms with E-state index < -0.39 is 0 Å². The van der Waals surface area contributed by atoms with Crippen LogP contribution in [-0.2, 0) is 13.0 Å². The van der Waals surface area contributed by atoms with Crippen LogP contribution in [0.2, 0.25) is 5.02 Å². The standard InChI is InChI=1S/C29H32ClN3O2/c1-22-11-9-12-23(21-22)29(34)31-18-8-2-3-17-28-32-25-14-5-6-15-26(25)33(28)19-10-20-35-27-16-7-4-13-24(27)30/h4-7,9,11-16,21H,2-3,8,10,17-20H2,1H3,(H,31,34). The summed E-state index contributed by atoms with van der Waals surface area (Å²) in [6, 6.07) is 23.5. The summed E-state index contributed by atoms with van der Waals surface area (Å²) < 4.78 is 8.18. The van der Waals surface area contributed by atoms with Gasteiger partial charge in [-0.3, -0.25) is 4.79 Å². The molecule has 0 spiro atoms. The zero-order valence-corrected chi connectivity index (χ0v) is 20.9. The van der Waals surface area contributed by atoms with E-state index in [1.807, 2.05) is 61.5 Å². The number of amides is 1. The Bertz CT molecular complexity index is 1270. The number of hydrogen-bond donors (Lipinski definition) is 1. The van der Waals surface area contributed by atoms with Crippen LogP contribution in [0.4, 0.5) is 0 Å². The average molecular weight is 490 g/mol. The van der Waals surface area contributed by atoms with Gasteiger partial charge in [0, 0.05) is 25.1 Å². The minimum atomic E-state index is -0.00509. The van der Waals surface area contributed by atoms with E-state index in [2.05, 4.69) is 28.1 Å². The van der Waals surface area contributed by atoms with Gasteiger partial charge in [0.1, 0.15) is 11.6 Å². The second kappa shape index (κ2) is 12.4. The summed E-state index contributed by atoms with van der Waals surface area (Å²) in [6.45, 7) is 4.11. The molecule has 0 radical (unpaired) electrons. The minimum Gasteiger partial charge on any atom is -0.492 e. The van der Waals surface area contributed by atoms with Crippen molar-refractivity contribution in [2.75, 3.05) is 13.2 Å². The van der Waals surface area contributed by atoms with Crippen LogP contribution in [-0.4, -0.2) is 28.6 Å². The van der Waals surface area contributed by atoms with Crippen molar-refractivity contribution in [3.8, 4) is 5.75 Å². The molecule has 0 aliphatic rings. The number of benzene rings is 3. The summed E-state index contributed by atoms with van der Waals surface area (Å²) in [5, 5.41) is 3.66. The first-order chi connectivity index (χ1) is 17.1. The lowest BCUT2D eigenvalue weighted by atomic mass is 10.1. The first-order valence-corrected chi connectivity index (χ1v) is 12.7. The topological polar surface area (TPSA) is 56.2 Å². The number of ether oxygens (including phenoxy) is 1. The van der Waals surface area contributed by atoms with Gasteiger partial charge in [0.25, 0.3) is 5.91 Å². The molecule has 1 heterocycles. The van der Waals surface area contributed by atoms with E-state index >= 15 is 0 Å². The molecule has 0 fully saturated rings. The molecule has 182 valence electrons. The van der Waals surface area contributed by atoms with E-state index in [0.29, 0.717) is 18.2 Å². The number of unbranched alkanes of at least 4 members (excludes halogenated alkanes) is 2. The fourth-order valence-corrected chi connectivity index (χ4v) is 4.40. The molecule has 0 atom stereocenters. The van der Waals surface area contributed by atoms with Gasteiger partial charge in [-0.25, -0.2) is 4.98 Å². The predicted octanol–water partition coefficient (Wildman–Crippen LogP) is 6.61. The number of nitrogens with zero attached hydrogens (tertiary/aromatic N) is 2. The Morgan fingerprint density at radius 2 is 1.80 bits per heavy atom. The molecule has 35 heavy (non-hydrogen) atoms. The summed E-state index contributed by atoms with van der Waals surface area (Å²) in [4.78, 5) is 17.2. The van der Waals surface area contributed by atoms with Crippen molar-refractivity contribution >= 4 is 28.5 Å². The van der Waals surface area contributed by atoms with Crippen molar-refractivity contribution in [2.24, 2.45) is 0 Å². The lowest BCUT2D eigenvalue weighted by molar-refractivity contribution is 0.0953. The van der Waals surface area contributed by atoms with Gasteiger partial charge in [0.15, 0.2) is 0 Å². The predicted molar refractivity (Wildman–Crippen MR) is 142 cm³/mol. The van der Waals surface area contributed by atoms with Crippen molar-refractivity contribution in [1.29, 1.82) is 0 Å². The van der Waals surface area contributed by atoms with Crippen LogP contribution >= 0.6 is 11.6 Å². The number of hydrogen-bond acceptors (Lipinski definition) is 3. The monoisotopic (exact) mass is 489 g/mol. The number of fused-ring (bicyclic) bond motifs is 1. The Labute approximate surface area is 212 Å². The smallest absolute Gasteiger partial charge is 0.251 e. The fraction of sp³-hybridized carbons (Fsp3) is 0.310. The average Bonchev–Trinajstić information content (AvgIpc) is 3.22. The zero-order valence-electron chi connectivity index (χ0n) is 20.2. The fourth-order valence-electron chi connectivity index (χ4n) is 4.21. The quantitative estimate of drug-likeness (QED) is 0.228. The number of carbonyl (C=O) groups is 1. The molecule has 1 aromatic heterocycles. The van der Waals surface area contributed by atoms with Crippen molar-refractivity contribution in [3.63, 3.8) is 0 Å². The zero-order chi connectivity index (χ0) is 24.5. The van der Waals surface area contributed by atoms with Crippen molar-refractivity contribution in [3.05, 3.63) is 94.8 Å². The van der Waals surface area contributed by atoms with Crippen molar-refractivity contribution in [1.82, 2.24) is 14.9 Å². The highest BCUT2D eigenvalue weighted by Crippen LogP contribution is 2.23. The highest BCUT2D eigenvalue weighted by Gasteiger charge is 2.11. The third kappa shape index (κ3) is 6.86. The molecule has 6 heteroatoms. The van der Waals surface area contributed by atoms with Crippen LogP contribution in [0.3, 0.4) is 0 Å². The van der Waals surface area contributed by atoms with Crippen LogP contribution in [0, 0.1) is 6.92 Å². The van der Waals surface area contributed by atoms with Crippen LogP contribution in [0.15, 0.2) is 72.8 Å². The van der Waals surface area contributed by atoms with Crippen LogP contribution in [0.25, 0.3) is 11.0 Å². The van der Waals surface area contributed by atoms with Crippen LogP contribution in [0.1, 0.15) is 47.4 Å². The maximum absolute atomic E-state index is 12.3. The van der Waals surface area contributed by atoms with Gasteiger partial charge in [0.2, 0.25) is 0 Å². The Hall–Kier alpha value is -3.31. The normalized spacial score (nSPS) is 11.0. The van der Waals surface area contributed by atoms with Crippen LogP contribution < -0.4 is 10.1 Å². The molecule has 1 amide bonds. The molecule has 0 aliphatic carbocycles. The number of rotatable bonds is 12. The third-order valence-corrected chi connectivity index (χ3v) is 6.31. The molecule has 0 saturated carbocycles. The summed E-state index contributed by atoms with van der Waals surface area (Å²) in [5.74, 6) is 1.82. The number of halogens is 1. The van der Waals surface area contributed by atoms with Crippen LogP contribution in [0.5, 0.6) is 5.75 Å². The van der Waals surface area contributed by atoms with Gasteiger partial charge in [-0.2, -0.15) is 0 Å². The number of para-hydroxylation sites is 3. The van der Waals surface area contributed by atoms with Gasteiger partial charge in [-0.15, -0.1) is 0 Å². The molecule has 0 bridgehead atoms. The van der Waals surface area contributed by atoms with E-state index in [1.165, 1.54) is 0 Å². The number of aromatic nitrogens is 2.